The zero-order chi connectivity index (χ0) is 13.2. The molecule has 0 atom stereocenters. The maximum Gasteiger partial charge on any atom is 0.168 e. The van der Waals surface area contributed by atoms with E-state index in [0.717, 1.165) is 45.3 Å². The van der Waals surface area contributed by atoms with Crippen LogP contribution in [0.1, 0.15) is 31.2 Å². The van der Waals surface area contributed by atoms with Crippen molar-refractivity contribution < 1.29 is 14.2 Å². The molecule has 3 nitrogen and oxygen atoms in total. The Labute approximate surface area is 114 Å². The van der Waals surface area contributed by atoms with Crippen molar-refractivity contribution in [1.29, 1.82) is 0 Å². The molecular weight excluding hydrogens is 240 g/mol. The summed E-state index contributed by atoms with van der Waals surface area (Å²) in [6.45, 7) is 1.47. The molecule has 1 heterocycles. The van der Waals surface area contributed by atoms with E-state index in [1.54, 1.807) is 0 Å². The third-order valence-corrected chi connectivity index (χ3v) is 4.54. The van der Waals surface area contributed by atoms with Gasteiger partial charge < -0.3 is 14.2 Å². The topological polar surface area (TPSA) is 27.7 Å². The molecule has 2 fully saturated rings. The molecule has 0 amide bonds. The van der Waals surface area contributed by atoms with Crippen molar-refractivity contribution in [3.63, 3.8) is 0 Å². The summed E-state index contributed by atoms with van der Waals surface area (Å²) in [5, 5.41) is 0. The Morgan fingerprint density at radius 1 is 1.00 bits per heavy atom. The number of methoxy groups -OCH3 is 1. The third kappa shape index (κ3) is 2.69. The molecule has 1 aromatic carbocycles. The molecule has 3 rings (SSSR count). The maximum absolute atomic E-state index is 5.87. The van der Waals surface area contributed by atoms with E-state index in [0.29, 0.717) is 0 Å². The van der Waals surface area contributed by atoms with Crippen LogP contribution in [0.5, 0.6) is 0 Å². The Kier molecular flexibility index (Phi) is 3.61. The molecule has 1 saturated heterocycles. The standard InChI is InChI=1S/C16H22O3/c1-17-15(13-14-5-3-2-4-6-14)7-9-16(10-8-15)18-11-12-19-16/h2-6H,7-13H2,1H3. The Balaban J connectivity index is 1.68. The first-order chi connectivity index (χ1) is 9.26. The van der Waals surface area contributed by atoms with Crippen molar-refractivity contribution >= 4 is 0 Å². The molecule has 1 aliphatic carbocycles. The van der Waals surface area contributed by atoms with Crippen LogP contribution in [-0.2, 0) is 20.6 Å². The Morgan fingerprint density at radius 3 is 2.21 bits per heavy atom. The SMILES string of the molecule is COC1(Cc2ccccc2)CCC2(CC1)OCCO2. The van der Waals surface area contributed by atoms with Crippen LogP contribution in [-0.4, -0.2) is 31.7 Å². The highest BCUT2D eigenvalue weighted by Gasteiger charge is 2.46. The van der Waals surface area contributed by atoms with Crippen LogP contribution >= 0.6 is 0 Å². The quantitative estimate of drug-likeness (QED) is 0.838. The number of hydrogen-bond acceptors (Lipinski definition) is 3. The first kappa shape index (κ1) is 13.1. The van der Waals surface area contributed by atoms with Crippen LogP contribution in [0.15, 0.2) is 30.3 Å². The van der Waals surface area contributed by atoms with Crippen LogP contribution in [0.3, 0.4) is 0 Å². The van der Waals surface area contributed by atoms with E-state index in [9.17, 15) is 0 Å². The van der Waals surface area contributed by atoms with Crippen molar-refractivity contribution in [2.24, 2.45) is 0 Å². The second-order valence-electron chi connectivity index (χ2n) is 5.66. The lowest BCUT2D eigenvalue weighted by Gasteiger charge is -2.43. The van der Waals surface area contributed by atoms with Crippen LogP contribution in [0.2, 0.25) is 0 Å². The molecule has 19 heavy (non-hydrogen) atoms. The third-order valence-electron chi connectivity index (χ3n) is 4.54. The normalized spacial score (nSPS) is 24.7. The lowest BCUT2D eigenvalue weighted by atomic mass is 9.77. The maximum atomic E-state index is 5.87. The van der Waals surface area contributed by atoms with Crippen LogP contribution in [0.25, 0.3) is 0 Å². The fourth-order valence-corrected chi connectivity index (χ4v) is 3.29. The van der Waals surface area contributed by atoms with Gasteiger partial charge in [0.25, 0.3) is 0 Å². The van der Waals surface area contributed by atoms with Gasteiger partial charge in [0.05, 0.1) is 18.8 Å². The van der Waals surface area contributed by atoms with E-state index in [4.69, 9.17) is 14.2 Å². The molecule has 0 unspecified atom stereocenters. The minimum absolute atomic E-state index is 0.0537. The zero-order valence-electron chi connectivity index (χ0n) is 11.6. The van der Waals surface area contributed by atoms with E-state index in [1.807, 2.05) is 7.11 Å². The van der Waals surface area contributed by atoms with Gasteiger partial charge in [-0.15, -0.1) is 0 Å². The van der Waals surface area contributed by atoms with Crippen LogP contribution in [0.4, 0.5) is 0 Å². The van der Waals surface area contributed by atoms with E-state index in [-0.39, 0.29) is 11.4 Å². The summed E-state index contributed by atoms with van der Waals surface area (Å²) in [5.74, 6) is -0.307. The van der Waals surface area contributed by atoms with E-state index in [1.165, 1.54) is 5.56 Å². The number of ether oxygens (including phenoxy) is 3. The smallest absolute Gasteiger partial charge is 0.168 e. The summed E-state index contributed by atoms with van der Waals surface area (Å²) in [5.41, 5.74) is 1.29. The van der Waals surface area contributed by atoms with Gasteiger partial charge in [-0.3, -0.25) is 0 Å². The van der Waals surface area contributed by atoms with Crippen molar-refractivity contribution in [1.82, 2.24) is 0 Å². The molecule has 0 aromatic heterocycles. The van der Waals surface area contributed by atoms with Gasteiger partial charge in [-0.05, 0) is 18.4 Å². The number of hydrogen-bond donors (Lipinski definition) is 0. The van der Waals surface area contributed by atoms with Gasteiger partial charge in [0, 0.05) is 26.4 Å². The van der Waals surface area contributed by atoms with Crippen molar-refractivity contribution in [3.8, 4) is 0 Å². The molecule has 1 aliphatic heterocycles. The second-order valence-corrected chi connectivity index (χ2v) is 5.66. The highest BCUT2D eigenvalue weighted by Crippen LogP contribution is 2.43. The van der Waals surface area contributed by atoms with Crippen molar-refractivity contribution in [2.45, 2.75) is 43.5 Å². The van der Waals surface area contributed by atoms with Crippen molar-refractivity contribution in [3.05, 3.63) is 35.9 Å². The van der Waals surface area contributed by atoms with Gasteiger partial charge >= 0.3 is 0 Å². The second kappa shape index (κ2) is 5.23. The predicted molar refractivity (Wildman–Crippen MR) is 73.0 cm³/mol. The Morgan fingerprint density at radius 2 is 1.63 bits per heavy atom. The molecular formula is C16H22O3. The van der Waals surface area contributed by atoms with E-state index < -0.39 is 0 Å². The van der Waals surface area contributed by atoms with Crippen LogP contribution < -0.4 is 0 Å². The van der Waals surface area contributed by atoms with Crippen molar-refractivity contribution in [2.75, 3.05) is 20.3 Å². The zero-order valence-corrected chi connectivity index (χ0v) is 11.6. The van der Waals surface area contributed by atoms with Gasteiger partial charge in [-0.2, -0.15) is 0 Å². The Bertz CT molecular complexity index is 399. The molecule has 0 radical (unpaired) electrons. The molecule has 104 valence electrons. The van der Waals surface area contributed by atoms with E-state index >= 15 is 0 Å². The van der Waals surface area contributed by atoms with Gasteiger partial charge in [0.1, 0.15) is 0 Å². The molecule has 3 heteroatoms. The molecule has 0 bridgehead atoms. The summed E-state index contributed by atoms with van der Waals surface area (Å²) in [4.78, 5) is 0. The van der Waals surface area contributed by atoms with Crippen LogP contribution in [0, 0.1) is 0 Å². The highest BCUT2D eigenvalue weighted by molar-refractivity contribution is 5.17. The summed E-state index contributed by atoms with van der Waals surface area (Å²) < 4.78 is 17.5. The monoisotopic (exact) mass is 262 g/mol. The summed E-state index contributed by atoms with van der Waals surface area (Å²) in [6, 6.07) is 10.6. The largest absolute Gasteiger partial charge is 0.378 e. The lowest BCUT2D eigenvalue weighted by Crippen LogP contribution is -2.46. The molecule has 1 spiro atoms. The molecule has 1 saturated carbocycles. The predicted octanol–water partition coefficient (Wildman–Crippen LogP) is 2.93. The minimum Gasteiger partial charge on any atom is -0.378 e. The molecule has 0 N–H and O–H groups in total. The lowest BCUT2D eigenvalue weighted by molar-refractivity contribution is -0.206. The number of benzene rings is 1. The van der Waals surface area contributed by atoms with Gasteiger partial charge in [-0.25, -0.2) is 0 Å². The number of rotatable bonds is 3. The van der Waals surface area contributed by atoms with E-state index in [2.05, 4.69) is 30.3 Å². The first-order valence-electron chi connectivity index (χ1n) is 7.13. The van der Waals surface area contributed by atoms with Gasteiger partial charge in [0.2, 0.25) is 0 Å². The Hall–Kier alpha value is -0.900. The fraction of sp³-hybridized carbons (Fsp3) is 0.625. The molecule has 1 aromatic rings. The summed E-state index contributed by atoms with van der Waals surface area (Å²) >= 11 is 0. The fourth-order valence-electron chi connectivity index (χ4n) is 3.29. The average molecular weight is 262 g/mol. The minimum atomic E-state index is -0.307. The first-order valence-corrected chi connectivity index (χ1v) is 7.13. The summed E-state index contributed by atoms with van der Waals surface area (Å²) in [6.07, 6.45) is 4.85. The van der Waals surface area contributed by atoms with Gasteiger partial charge in [0.15, 0.2) is 5.79 Å². The summed E-state index contributed by atoms with van der Waals surface area (Å²) in [7, 11) is 1.83. The average Bonchev–Trinajstić information content (AvgIpc) is 2.92. The highest BCUT2D eigenvalue weighted by atomic mass is 16.7. The van der Waals surface area contributed by atoms with Gasteiger partial charge in [-0.1, -0.05) is 30.3 Å². The molecule has 2 aliphatic rings.